The summed E-state index contributed by atoms with van der Waals surface area (Å²) >= 11 is 2.24. The summed E-state index contributed by atoms with van der Waals surface area (Å²) in [4.78, 5) is 0. The van der Waals surface area contributed by atoms with Gasteiger partial charge in [-0.2, -0.15) is 0 Å². The van der Waals surface area contributed by atoms with E-state index in [2.05, 4.69) is 34.8 Å². The largest absolute Gasteiger partial charge is 0.397 e. The van der Waals surface area contributed by atoms with E-state index >= 15 is 0 Å². The van der Waals surface area contributed by atoms with Gasteiger partial charge in [0.15, 0.2) is 0 Å². The number of nitrogens with one attached hydrogen (secondary N) is 1. The quantitative estimate of drug-likeness (QED) is 0.573. The second-order valence-electron chi connectivity index (χ2n) is 5.51. The van der Waals surface area contributed by atoms with E-state index in [4.69, 9.17) is 5.73 Å². The Morgan fingerprint density at radius 3 is 3.00 bits per heavy atom. The average molecular weight is 360 g/mol. The summed E-state index contributed by atoms with van der Waals surface area (Å²) in [5.74, 6) is 0.611. The number of aliphatic hydroxyl groups is 1. The van der Waals surface area contributed by atoms with Gasteiger partial charge in [-0.3, -0.25) is 0 Å². The Balaban J connectivity index is 1.98. The predicted molar refractivity (Wildman–Crippen MR) is 84.6 cm³/mol. The van der Waals surface area contributed by atoms with Crippen LogP contribution in [0.4, 0.5) is 11.4 Å². The van der Waals surface area contributed by atoms with Crippen molar-refractivity contribution in [3.63, 3.8) is 0 Å². The third-order valence-corrected chi connectivity index (χ3v) is 4.36. The first-order chi connectivity index (χ1) is 8.48. The lowest BCUT2D eigenvalue weighted by atomic mass is 9.79. The van der Waals surface area contributed by atoms with Crippen LogP contribution >= 0.6 is 22.6 Å². The highest BCUT2D eigenvalue weighted by Gasteiger charge is 2.32. The minimum atomic E-state index is -0.576. The molecule has 2 unspecified atom stereocenters. The van der Waals surface area contributed by atoms with Gasteiger partial charge in [0.05, 0.1) is 17.0 Å². The zero-order chi connectivity index (χ0) is 13.2. The van der Waals surface area contributed by atoms with Crippen molar-refractivity contribution >= 4 is 34.0 Å². The predicted octanol–water partition coefficient (Wildman–Crippen LogP) is 3.23. The highest BCUT2D eigenvalue weighted by Crippen LogP contribution is 2.33. The summed E-state index contributed by atoms with van der Waals surface area (Å²) in [6.07, 6.45) is 4.11. The van der Waals surface area contributed by atoms with Crippen molar-refractivity contribution in [1.29, 1.82) is 0 Å². The van der Waals surface area contributed by atoms with E-state index in [0.29, 0.717) is 12.5 Å². The molecule has 4 N–H and O–H groups in total. The molecule has 1 aromatic carbocycles. The first-order valence-electron chi connectivity index (χ1n) is 6.50. The van der Waals surface area contributed by atoms with E-state index in [1.807, 2.05) is 18.2 Å². The molecule has 0 bridgehead atoms. The van der Waals surface area contributed by atoms with Crippen LogP contribution in [0.15, 0.2) is 18.2 Å². The van der Waals surface area contributed by atoms with E-state index in [0.717, 1.165) is 34.2 Å². The molecule has 0 amide bonds. The summed E-state index contributed by atoms with van der Waals surface area (Å²) in [7, 11) is 0. The molecular formula is C14H21IN2O. The maximum absolute atomic E-state index is 10.5. The number of anilines is 2. The van der Waals surface area contributed by atoms with Crippen molar-refractivity contribution in [1.82, 2.24) is 0 Å². The van der Waals surface area contributed by atoms with Gasteiger partial charge in [-0.1, -0.05) is 19.8 Å². The summed E-state index contributed by atoms with van der Waals surface area (Å²) in [6.45, 7) is 2.80. The Morgan fingerprint density at radius 1 is 1.56 bits per heavy atom. The smallest absolute Gasteiger partial charge is 0.0821 e. The second kappa shape index (κ2) is 5.65. The van der Waals surface area contributed by atoms with Crippen molar-refractivity contribution in [2.24, 2.45) is 5.92 Å². The summed E-state index contributed by atoms with van der Waals surface area (Å²) in [5, 5.41) is 13.8. The van der Waals surface area contributed by atoms with E-state index in [1.165, 1.54) is 6.42 Å². The van der Waals surface area contributed by atoms with Gasteiger partial charge in [0.2, 0.25) is 0 Å². The second-order valence-corrected chi connectivity index (χ2v) is 6.76. The maximum atomic E-state index is 10.5. The van der Waals surface area contributed by atoms with Crippen molar-refractivity contribution in [2.75, 3.05) is 17.6 Å². The Kier molecular flexibility index (Phi) is 4.37. The number of benzene rings is 1. The normalized spacial score (nSPS) is 28.1. The molecule has 4 heteroatoms. The Labute approximate surface area is 122 Å². The molecule has 1 fully saturated rings. The third-order valence-electron chi connectivity index (χ3n) is 3.69. The van der Waals surface area contributed by atoms with Crippen molar-refractivity contribution in [3.8, 4) is 0 Å². The van der Waals surface area contributed by atoms with Gasteiger partial charge in [-0.15, -0.1) is 0 Å². The van der Waals surface area contributed by atoms with Gasteiger partial charge in [-0.25, -0.2) is 0 Å². The highest BCUT2D eigenvalue weighted by molar-refractivity contribution is 14.1. The van der Waals surface area contributed by atoms with Crippen LogP contribution in [0.25, 0.3) is 0 Å². The number of nitrogens with two attached hydrogens (primary N) is 1. The monoisotopic (exact) mass is 360 g/mol. The van der Waals surface area contributed by atoms with Crippen molar-refractivity contribution in [3.05, 3.63) is 21.8 Å². The molecule has 1 saturated carbocycles. The Hall–Kier alpha value is -0.490. The topological polar surface area (TPSA) is 58.3 Å². The highest BCUT2D eigenvalue weighted by atomic mass is 127. The number of hydrogen-bond donors (Lipinski definition) is 3. The van der Waals surface area contributed by atoms with E-state index in [-0.39, 0.29) is 0 Å². The molecule has 0 heterocycles. The fraction of sp³-hybridized carbons (Fsp3) is 0.571. The van der Waals surface area contributed by atoms with Crippen LogP contribution in [0.1, 0.15) is 32.6 Å². The first-order valence-corrected chi connectivity index (χ1v) is 7.58. The molecular weight excluding hydrogens is 339 g/mol. The van der Waals surface area contributed by atoms with Gasteiger partial charge >= 0.3 is 0 Å². The third kappa shape index (κ3) is 3.51. The first kappa shape index (κ1) is 13.9. The molecule has 100 valence electrons. The van der Waals surface area contributed by atoms with E-state index < -0.39 is 5.60 Å². The fourth-order valence-corrected chi connectivity index (χ4v) is 3.26. The SMILES string of the molecule is CC1CCCC(O)(CNc2ccc(I)cc2N)C1. The van der Waals surface area contributed by atoms with Crippen LogP contribution in [0, 0.1) is 9.49 Å². The van der Waals surface area contributed by atoms with Gasteiger partial charge < -0.3 is 16.2 Å². The Bertz CT molecular complexity index is 424. The summed E-state index contributed by atoms with van der Waals surface area (Å²) in [6, 6.07) is 5.94. The molecule has 18 heavy (non-hydrogen) atoms. The van der Waals surface area contributed by atoms with Crippen LogP contribution in [0.2, 0.25) is 0 Å². The molecule has 2 atom stereocenters. The van der Waals surface area contributed by atoms with E-state index in [9.17, 15) is 5.11 Å². The maximum Gasteiger partial charge on any atom is 0.0821 e. The minimum Gasteiger partial charge on any atom is -0.397 e. The molecule has 2 rings (SSSR count). The van der Waals surface area contributed by atoms with Crippen LogP contribution in [-0.4, -0.2) is 17.3 Å². The zero-order valence-electron chi connectivity index (χ0n) is 10.7. The lowest BCUT2D eigenvalue weighted by Gasteiger charge is -2.36. The van der Waals surface area contributed by atoms with Gasteiger partial charge in [0.25, 0.3) is 0 Å². The number of rotatable bonds is 3. The van der Waals surface area contributed by atoms with Gasteiger partial charge in [0, 0.05) is 10.1 Å². The van der Waals surface area contributed by atoms with Crippen molar-refractivity contribution in [2.45, 2.75) is 38.2 Å². The fourth-order valence-electron chi connectivity index (χ4n) is 2.75. The molecule has 0 aliphatic heterocycles. The molecule has 0 radical (unpaired) electrons. The summed E-state index contributed by atoms with van der Waals surface area (Å²) < 4.78 is 1.13. The lowest BCUT2D eigenvalue weighted by molar-refractivity contribution is -0.000747. The van der Waals surface area contributed by atoms with Gasteiger partial charge in [0.1, 0.15) is 0 Å². The van der Waals surface area contributed by atoms with Crippen LogP contribution in [0.5, 0.6) is 0 Å². The van der Waals surface area contributed by atoms with Crippen molar-refractivity contribution < 1.29 is 5.11 Å². The molecule has 1 aromatic rings. The molecule has 1 aliphatic carbocycles. The van der Waals surface area contributed by atoms with E-state index in [1.54, 1.807) is 0 Å². The lowest BCUT2D eigenvalue weighted by Crippen LogP contribution is -2.41. The number of hydrogen-bond acceptors (Lipinski definition) is 3. The van der Waals surface area contributed by atoms with Crippen LogP contribution in [0.3, 0.4) is 0 Å². The number of nitrogen functional groups attached to an aromatic ring is 1. The van der Waals surface area contributed by atoms with Crippen LogP contribution < -0.4 is 11.1 Å². The van der Waals surface area contributed by atoms with Gasteiger partial charge in [-0.05, 0) is 59.5 Å². The molecule has 0 saturated heterocycles. The molecule has 0 spiro atoms. The molecule has 1 aliphatic rings. The minimum absolute atomic E-state index is 0.576. The van der Waals surface area contributed by atoms with Crippen LogP contribution in [-0.2, 0) is 0 Å². The molecule has 3 nitrogen and oxygen atoms in total. The molecule has 0 aromatic heterocycles. The standard InChI is InChI=1S/C14H21IN2O/c1-10-3-2-6-14(18,8-10)9-17-13-5-4-11(15)7-12(13)16/h4-5,7,10,17-18H,2-3,6,8-9,16H2,1H3. The zero-order valence-corrected chi connectivity index (χ0v) is 12.9. The number of halogens is 1. The Morgan fingerprint density at radius 2 is 2.33 bits per heavy atom. The average Bonchev–Trinajstić information content (AvgIpc) is 2.27. The summed E-state index contributed by atoms with van der Waals surface area (Å²) in [5.41, 5.74) is 7.05.